The summed E-state index contributed by atoms with van der Waals surface area (Å²) in [7, 11) is 0. The van der Waals surface area contributed by atoms with Gasteiger partial charge in [0.05, 0.1) is 0 Å². The van der Waals surface area contributed by atoms with Crippen molar-refractivity contribution in [2.75, 3.05) is 32.8 Å². The summed E-state index contributed by atoms with van der Waals surface area (Å²) >= 11 is 5.89. The number of rotatable bonds is 8. The molecule has 0 spiro atoms. The van der Waals surface area contributed by atoms with Crippen LogP contribution < -0.4 is 10.1 Å². The highest BCUT2D eigenvalue weighted by molar-refractivity contribution is 6.30. The third-order valence-corrected chi connectivity index (χ3v) is 5.20. The number of nitrogens with zero attached hydrogens (tertiary/aromatic N) is 1. The van der Waals surface area contributed by atoms with E-state index in [4.69, 9.17) is 16.3 Å². The molecule has 0 atom stereocenters. The Balaban J connectivity index is 1.32. The fraction of sp³-hybridized carbons (Fsp3) is 0.364. The standard InChI is InChI=1S/C22H25ClN2O3/c23-19-8-6-17(7-9-19)22(27)18-10-13-25(14-11-18)15-12-24-21(26)16-28-20-4-2-1-3-5-20/h1-9,18H,10-16H2,(H,24,26). The molecule has 1 saturated heterocycles. The first-order chi connectivity index (χ1) is 13.6. The topological polar surface area (TPSA) is 58.6 Å². The van der Waals surface area contributed by atoms with E-state index in [9.17, 15) is 9.59 Å². The molecule has 0 aromatic heterocycles. The summed E-state index contributed by atoms with van der Waals surface area (Å²) in [6, 6.07) is 16.4. The Morgan fingerprint density at radius 1 is 1.04 bits per heavy atom. The molecule has 28 heavy (non-hydrogen) atoms. The van der Waals surface area contributed by atoms with E-state index in [1.807, 2.05) is 30.3 Å². The van der Waals surface area contributed by atoms with Gasteiger partial charge in [-0.05, 0) is 62.3 Å². The number of hydrogen-bond donors (Lipinski definition) is 1. The van der Waals surface area contributed by atoms with E-state index in [-0.39, 0.29) is 24.2 Å². The Morgan fingerprint density at radius 3 is 2.39 bits per heavy atom. The molecular weight excluding hydrogens is 376 g/mol. The van der Waals surface area contributed by atoms with Gasteiger partial charge >= 0.3 is 0 Å². The zero-order chi connectivity index (χ0) is 19.8. The van der Waals surface area contributed by atoms with E-state index in [1.165, 1.54) is 0 Å². The largest absolute Gasteiger partial charge is 0.484 e. The summed E-state index contributed by atoms with van der Waals surface area (Å²) in [5.41, 5.74) is 0.730. The van der Waals surface area contributed by atoms with Crippen LogP contribution in [0.4, 0.5) is 0 Å². The van der Waals surface area contributed by atoms with Gasteiger partial charge in [-0.25, -0.2) is 0 Å². The first kappa shape index (κ1) is 20.4. The van der Waals surface area contributed by atoms with Gasteiger partial charge in [0, 0.05) is 29.6 Å². The van der Waals surface area contributed by atoms with Gasteiger partial charge in [0.2, 0.25) is 0 Å². The lowest BCUT2D eigenvalue weighted by Crippen LogP contribution is -2.41. The van der Waals surface area contributed by atoms with Crippen LogP contribution in [0.2, 0.25) is 5.02 Å². The monoisotopic (exact) mass is 400 g/mol. The molecule has 148 valence electrons. The van der Waals surface area contributed by atoms with Crippen molar-refractivity contribution >= 4 is 23.3 Å². The minimum atomic E-state index is -0.128. The van der Waals surface area contributed by atoms with Crippen LogP contribution in [0, 0.1) is 5.92 Å². The lowest BCUT2D eigenvalue weighted by molar-refractivity contribution is -0.123. The van der Waals surface area contributed by atoms with Gasteiger partial charge in [0.1, 0.15) is 5.75 Å². The molecule has 1 aliphatic rings. The number of ether oxygens (including phenoxy) is 1. The molecule has 1 N–H and O–H groups in total. The van der Waals surface area contributed by atoms with Gasteiger partial charge in [-0.15, -0.1) is 0 Å². The van der Waals surface area contributed by atoms with Crippen LogP contribution in [0.5, 0.6) is 5.75 Å². The van der Waals surface area contributed by atoms with Gasteiger partial charge in [0.15, 0.2) is 12.4 Å². The molecule has 1 heterocycles. The zero-order valence-corrected chi connectivity index (χ0v) is 16.5. The van der Waals surface area contributed by atoms with Crippen LogP contribution >= 0.6 is 11.6 Å². The van der Waals surface area contributed by atoms with Gasteiger partial charge in [-0.2, -0.15) is 0 Å². The first-order valence-electron chi connectivity index (χ1n) is 9.58. The number of amides is 1. The Bertz CT molecular complexity index is 772. The second-order valence-corrected chi connectivity index (χ2v) is 7.38. The van der Waals surface area contributed by atoms with Crippen molar-refractivity contribution in [1.82, 2.24) is 10.2 Å². The number of carbonyl (C=O) groups excluding carboxylic acids is 2. The smallest absolute Gasteiger partial charge is 0.257 e. The molecule has 0 unspecified atom stereocenters. The highest BCUT2D eigenvalue weighted by Crippen LogP contribution is 2.22. The highest BCUT2D eigenvalue weighted by atomic mass is 35.5. The van der Waals surface area contributed by atoms with E-state index in [1.54, 1.807) is 24.3 Å². The quantitative estimate of drug-likeness (QED) is 0.690. The van der Waals surface area contributed by atoms with Crippen molar-refractivity contribution in [3.8, 4) is 5.75 Å². The Labute approximate surface area is 170 Å². The number of likely N-dealkylation sites (tertiary alicyclic amines) is 1. The summed E-state index contributed by atoms with van der Waals surface area (Å²) < 4.78 is 5.43. The van der Waals surface area contributed by atoms with E-state index in [2.05, 4.69) is 10.2 Å². The number of halogens is 1. The minimum Gasteiger partial charge on any atom is -0.484 e. The third-order valence-electron chi connectivity index (χ3n) is 4.95. The summed E-state index contributed by atoms with van der Waals surface area (Å²) in [4.78, 5) is 26.7. The van der Waals surface area contributed by atoms with Crippen LogP contribution in [0.3, 0.4) is 0 Å². The maximum Gasteiger partial charge on any atom is 0.257 e. The predicted octanol–water partition coefficient (Wildman–Crippen LogP) is 3.43. The third kappa shape index (κ3) is 6.08. The number of nitrogens with one attached hydrogen (secondary N) is 1. The molecule has 2 aromatic carbocycles. The number of Topliss-reactive ketones (excluding diaryl/α,β-unsaturated/α-hetero) is 1. The Kier molecular flexibility index (Phi) is 7.46. The fourth-order valence-electron chi connectivity index (χ4n) is 3.34. The van der Waals surface area contributed by atoms with Crippen molar-refractivity contribution in [3.05, 3.63) is 65.2 Å². The second-order valence-electron chi connectivity index (χ2n) is 6.94. The minimum absolute atomic E-state index is 0.0156. The summed E-state index contributed by atoms with van der Waals surface area (Å²) in [5.74, 6) is 0.815. The lowest BCUT2D eigenvalue weighted by Gasteiger charge is -2.31. The highest BCUT2D eigenvalue weighted by Gasteiger charge is 2.25. The second kappa shape index (κ2) is 10.2. The molecule has 6 heteroatoms. The molecule has 1 fully saturated rings. The summed E-state index contributed by atoms with van der Waals surface area (Å²) in [5, 5.41) is 3.52. The average molecular weight is 401 g/mol. The van der Waals surface area contributed by atoms with Crippen molar-refractivity contribution in [2.24, 2.45) is 5.92 Å². The van der Waals surface area contributed by atoms with Crippen LogP contribution in [-0.4, -0.2) is 49.4 Å². The maximum atomic E-state index is 12.6. The van der Waals surface area contributed by atoms with Gasteiger partial charge < -0.3 is 15.0 Å². The van der Waals surface area contributed by atoms with Crippen molar-refractivity contribution in [1.29, 1.82) is 0 Å². The molecule has 0 saturated carbocycles. The number of ketones is 1. The Morgan fingerprint density at radius 2 is 1.71 bits per heavy atom. The van der Waals surface area contributed by atoms with Crippen LogP contribution in [-0.2, 0) is 4.79 Å². The molecule has 0 radical (unpaired) electrons. The van der Waals surface area contributed by atoms with E-state index >= 15 is 0 Å². The van der Waals surface area contributed by atoms with Crippen molar-refractivity contribution < 1.29 is 14.3 Å². The normalized spacial score (nSPS) is 15.2. The van der Waals surface area contributed by atoms with Crippen LogP contribution in [0.15, 0.2) is 54.6 Å². The maximum absolute atomic E-state index is 12.6. The molecule has 0 bridgehead atoms. The Hall–Kier alpha value is -2.37. The summed E-state index contributed by atoms with van der Waals surface area (Å²) in [6.45, 7) is 3.09. The van der Waals surface area contributed by atoms with Gasteiger partial charge in [-0.1, -0.05) is 29.8 Å². The molecule has 1 aliphatic heterocycles. The van der Waals surface area contributed by atoms with Gasteiger partial charge in [0.25, 0.3) is 5.91 Å². The lowest BCUT2D eigenvalue weighted by atomic mass is 9.89. The van der Waals surface area contributed by atoms with Gasteiger partial charge in [-0.3, -0.25) is 9.59 Å². The summed E-state index contributed by atoms with van der Waals surface area (Å²) in [6.07, 6.45) is 1.68. The average Bonchev–Trinajstić information content (AvgIpc) is 2.73. The van der Waals surface area contributed by atoms with Crippen LogP contribution in [0.1, 0.15) is 23.2 Å². The van der Waals surface area contributed by atoms with E-state index < -0.39 is 0 Å². The number of piperidine rings is 1. The van der Waals surface area contributed by atoms with E-state index in [0.29, 0.717) is 17.3 Å². The van der Waals surface area contributed by atoms with Crippen molar-refractivity contribution in [3.63, 3.8) is 0 Å². The fourth-order valence-corrected chi connectivity index (χ4v) is 3.46. The molecular formula is C22H25ClN2O3. The van der Waals surface area contributed by atoms with E-state index in [0.717, 1.165) is 38.0 Å². The van der Waals surface area contributed by atoms with Crippen molar-refractivity contribution in [2.45, 2.75) is 12.8 Å². The number of carbonyl (C=O) groups is 2. The molecule has 5 nitrogen and oxygen atoms in total. The predicted molar refractivity (Wildman–Crippen MR) is 110 cm³/mol. The SMILES string of the molecule is O=C(COc1ccccc1)NCCN1CCC(C(=O)c2ccc(Cl)cc2)CC1. The number of para-hydroxylation sites is 1. The molecule has 1 amide bonds. The first-order valence-corrected chi connectivity index (χ1v) is 9.96. The molecule has 3 rings (SSSR count). The number of hydrogen-bond acceptors (Lipinski definition) is 4. The zero-order valence-electron chi connectivity index (χ0n) is 15.8. The molecule has 2 aromatic rings. The van der Waals surface area contributed by atoms with Crippen LogP contribution in [0.25, 0.3) is 0 Å². The number of benzene rings is 2. The molecule has 0 aliphatic carbocycles.